The second kappa shape index (κ2) is 11.2. The molecular weight excluding hydrogens is 394 g/mol. The molecule has 0 aromatic carbocycles. The molecular formula is C16H25N3O6S2. The van der Waals surface area contributed by atoms with E-state index < -0.39 is 27.8 Å². The van der Waals surface area contributed by atoms with E-state index >= 15 is 0 Å². The second-order valence-corrected chi connectivity index (χ2v) is 9.30. The first-order valence-corrected chi connectivity index (χ1v) is 11.5. The standard InChI is InChI=1S/C16H25N3O6S2/c1-25-6-5-19(13-4-8-27(23,24)11-13)10-12(9-17)15(20)18-14(16(21)22)3-7-26-2/h10,13-14H,3-8,11H2,1-2H3,(H,18,20)(H,21,22)/b12-10-. The van der Waals surface area contributed by atoms with Crippen LogP contribution in [0.3, 0.4) is 0 Å². The number of aliphatic carboxylic acids is 1. The smallest absolute Gasteiger partial charge is 0.326 e. The molecule has 1 aliphatic heterocycles. The van der Waals surface area contributed by atoms with Gasteiger partial charge in [-0.15, -0.1) is 0 Å². The first kappa shape index (κ1) is 23.3. The van der Waals surface area contributed by atoms with Gasteiger partial charge < -0.3 is 20.1 Å². The number of carbonyl (C=O) groups excluding carboxylic acids is 1. The molecule has 1 amide bonds. The number of nitrogens with zero attached hydrogens (tertiary/aromatic N) is 2. The van der Waals surface area contributed by atoms with Crippen molar-refractivity contribution < 1.29 is 27.9 Å². The van der Waals surface area contributed by atoms with Crippen molar-refractivity contribution in [2.75, 3.05) is 43.8 Å². The van der Waals surface area contributed by atoms with Crippen molar-refractivity contribution in [2.24, 2.45) is 0 Å². The van der Waals surface area contributed by atoms with Crippen molar-refractivity contribution in [3.63, 3.8) is 0 Å². The van der Waals surface area contributed by atoms with Crippen LogP contribution in [-0.2, 0) is 24.2 Å². The molecule has 0 aliphatic carbocycles. The van der Waals surface area contributed by atoms with E-state index in [9.17, 15) is 28.4 Å². The number of methoxy groups -OCH3 is 1. The number of hydrogen-bond acceptors (Lipinski definition) is 8. The third-order valence-electron chi connectivity index (χ3n) is 4.11. The topological polar surface area (TPSA) is 137 Å². The molecule has 27 heavy (non-hydrogen) atoms. The molecule has 1 saturated heterocycles. The number of ether oxygens (including phenoxy) is 1. The molecule has 0 saturated carbocycles. The van der Waals surface area contributed by atoms with Gasteiger partial charge in [0.1, 0.15) is 17.7 Å². The lowest BCUT2D eigenvalue weighted by Gasteiger charge is -2.26. The van der Waals surface area contributed by atoms with Gasteiger partial charge in [-0.3, -0.25) is 4.79 Å². The lowest BCUT2D eigenvalue weighted by atomic mass is 10.2. The van der Waals surface area contributed by atoms with Crippen LogP contribution < -0.4 is 5.32 Å². The SMILES string of the molecule is COCCN(/C=C(/C#N)C(=O)NC(CCSC)C(=O)O)C1CCS(=O)(=O)C1. The van der Waals surface area contributed by atoms with Crippen LogP contribution >= 0.6 is 11.8 Å². The zero-order valence-corrected chi connectivity index (χ0v) is 17.0. The van der Waals surface area contributed by atoms with E-state index in [-0.39, 0.29) is 29.5 Å². The number of hydrogen-bond donors (Lipinski definition) is 2. The van der Waals surface area contributed by atoms with Crippen LogP contribution in [0, 0.1) is 11.3 Å². The highest BCUT2D eigenvalue weighted by Gasteiger charge is 2.32. The fraction of sp³-hybridized carbons (Fsp3) is 0.688. The maximum absolute atomic E-state index is 12.4. The van der Waals surface area contributed by atoms with E-state index in [1.165, 1.54) is 25.1 Å². The summed E-state index contributed by atoms with van der Waals surface area (Å²) in [4.78, 5) is 25.2. The molecule has 1 heterocycles. The average molecular weight is 420 g/mol. The monoisotopic (exact) mass is 419 g/mol. The number of rotatable bonds is 11. The van der Waals surface area contributed by atoms with Crippen molar-refractivity contribution >= 4 is 33.5 Å². The predicted octanol–water partition coefficient (Wildman–Crippen LogP) is -0.148. The summed E-state index contributed by atoms with van der Waals surface area (Å²) in [6.45, 7) is 0.600. The van der Waals surface area contributed by atoms with E-state index in [2.05, 4.69) is 5.32 Å². The van der Waals surface area contributed by atoms with E-state index in [4.69, 9.17) is 4.74 Å². The van der Waals surface area contributed by atoms with Crippen LogP contribution in [0.4, 0.5) is 0 Å². The summed E-state index contributed by atoms with van der Waals surface area (Å²) in [6.07, 6.45) is 3.75. The lowest BCUT2D eigenvalue weighted by Crippen LogP contribution is -2.42. The third kappa shape index (κ3) is 7.78. The van der Waals surface area contributed by atoms with Crippen LogP contribution in [0.2, 0.25) is 0 Å². The van der Waals surface area contributed by atoms with Crippen molar-refractivity contribution in [1.82, 2.24) is 10.2 Å². The minimum absolute atomic E-state index is 0.0544. The second-order valence-electron chi connectivity index (χ2n) is 6.09. The van der Waals surface area contributed by atoms with Gasteiger partial charge in [0, 0.05) is 25.9 Å². The first-order chi connectivity index (χ1) is 12.7. The van der Waals surface area contributed by atoms with Gasteiger partial charge >= 0.3 is 5.97 Å². The van der Waals surface area contributed by atoms with Crippen LogP contribution in [0.5, 0.6) is 0 Å². The zero-order chi connectivity index (χ0) is 20.4. The molecule has 11 heteroatoms. The Morgan fingerprint density at radius 2 is 2.22 bits per heavy atom. The summed E-state index contributed by atoms with van der Waals surface area (Å²) in [7, 11) is -1.65. The Labute approximate surface area is 163 Å². The van der Waals surface area contributed by atoms with E-state index in [1.54, 1.807) is 11.0 Å². The van der Waals surface area contributed by atoms with Gasteiger partial charge in [-0.1, -0.05) is 0 Å². The molecule has 0 radical (unpaired) electrons. The molecule has 9 nitrogen and oxygen atoms in total. The summed E-state index contributed by atoms with van der Waals surface area (Å²) in [6, 6.07) is 0.322. The summed E-state index contributed by atoms with van der Waals surface area (Å²) in [5.74, 6) is -1.43. The summed E-state index contributed by atoms with van der Waals surface area (Å²) < 4.78 is 28.5. The zero-order valence-electron chi connectivity index (χ0n) is 15.4. The van der Waals surface area contributed by atoms with E-state index in [0.717, 1.165) is 0 Å². The molecule has 152 valence electrons. The molecule has 1 aliphatic rings. The predicted molar refractivity (Wildman–Crippen MR) is 102 cm³/mol. The van der Waals surface area contributed by atoms with Crippen molar-refractivity contribution in [1.29, 1.82) is 5.26 Å². The summed E-state index contributed by atoms with van der Waals surface area (Å²) >= 11 is 1.45. The Morgan fingerprint density at radius 3 is 2.70 bits per heavy atom. The normalized spacial score (nSPS) is 19.9. The number of thioether (sulfide) groups is 1. The molecule has 1 rings (SSSR count). The number of sulfone groups is 1. The van der Waals surface area contributed by atoms with Gasteiger partial charge in [0.15, 0.2) is 9.84 Å². The summed E-state index contributed by atoms with van der Waals surface area (Å²) in [5, 5.41) is 20.9. The van der Waals surface area contributed by atoms with Gasteiger partial charge in [0.05, 0.1) is 18.1 Å². The fourth-order valence-electron chi connectivity index (χ4n) is 2.62. The van der Waals surface area contributed by atoms with E-state index in [0.29, 0.717) is 25.3 Å². The maximum atomic E-state index is 12.4. The van der Waals surface area contributed by atoms with Crippen molar-refractivity contribution in [2.45, 2.75) is 24.9 Å². The number of carboxylic acid groups (broad SMARTS) is 1. The first-order valence-electron chi connectivity index (χ1n) is 8.33. The Morgan fingerprint density at radius 1 is 1.52 bits per heavy atom. The quantitative estimate of drug-likeness (QED) is 0.346. The number of nitrogens with one attached hydrogen (secondary N) is 1. The van der Waals surface area contributed by atoms with Gasteiger partial charge in [-0.25, -0.2) is 13.2 Å². The molecule has 0 spiro atoms. The molecule has 0 bridgehead atoms. The minimum Gasteiger partial charge on any atom is -0.480 e. The van der Waals surface area contributed by atoms with Crippen LogP contribution in [0.1, 0.15) is 12.8 Å². The highest BCUT2D eigenvalue weighted by Crippen LogP contribution is 2.19. The largest absolute Gasteiger partial charge is 0.480 e. The molecule has 1 fully saturated rings. The van der Waals surface area contributed by atoms with Gasteiger partial charge in [0.25, 0.3) is 5.91 Å². The number of nitriles is 1. The Hall–Kier alpha value is -1.77. The van der Waals surface area contributed by atoms with E-state index in [1.807, 2.05) is 6.26 Å². The Bertz CT molecular complexity index is 701. The molecule has 0 aromatic rings. The van der Waals surface area contributed by atoms with Crippen molar-refractivity contribution in [3.05, 3.63) is 11.8 Å². The highest BCUT2D eigenvalue weighted by atomic mass is 32.2. The fourth-order valence-corrected chi connectivity index (χ4v) is 4.83. The van der Waals surface area contributed by atoms with Crippen LogP contribution in [0.15, 0.2) is 11.8 Å². The van der Waals surface area contributed by atoms with Crippen molar-refractivity contribution in [3.8, 4) is 6.07 Å². The molecule has 2 N–H and O–H groups in total. The number of carboxylic acids is 1. The maximum Gasteiger partial charge on any atom is 0.326 e. The molecule has 2 unspecified atom stereocenters. The lowest BCUT2D eigenvalue weighted by molar-refractivity contribution is -0.141. The summed E-state index contributed by atoms with van der Waals surface area (Å²) in [5.41, 5.74) is -0.272. The van der Waals surface area contributed by atoms with Crippen LogP contribution in [-0.4, -0.2) is 86.2 Å². The number of amides is 1. The molecule has 2 atom stereocenters. The minimum atomic E-state index is -3.14. The van der Waals surface area contributed by atoms with Gasteiger partial charge in [-0.05, 0) is 24.9 Å². The highest BCUT2D eigenvalue weighted by molar-refractivity contribution is 7.98. The Balaban J connectivity index is 2.95. The van der Waals surface area contributed by atoms with Crippen LogP contribution in [0.25, 0.3) is 0 Å². The Kier molecular flexibility index (Phi) is 9.62. The van der Waals surface area contributed by atoms with Gasteiger partial charge in [-0.2, -0.15) is 17.0 Å². The average Bonchev–Trinajstić information content (AvgIpc) is 2.98. The van der Waals surface area contributed by atoms with Gasteiger partial charge in [0.2, 0.25) is 0 Å². The number of carbonyl (C=O) groups is 2. The third-order valence-corrected chi connectivity index (χ3v) is 6.50. The molecule has 0 aromatic heterocycles.